The van der Waals surface area contributed by atoms with Gasteiger partial charge >= 0.3 is 5.97 Å². The van der Waals surface area contributed by atoms with E-state index in [4.69, 9.17) is 45.8 Å². The fraction of sp³-hybridized carbons (Fsp3) is 0.205. The molecule has 0 fully saturated rings. The number of rotatable bonds is 11. The number of phenolic OH excluding ortho intramolecular Hbond substituents is 2. The molecule has 0 bridgehead atoms. The van der Waals surface area contributed by atoms with Gasteiger partial charge in [0.1, 0.15) is 29.8 Å². The predicted octanol–water partition coefficient (Wildman–Crippen LogP) is 5.04. The summed E-state index contributed by atoms with van der Waals surface area (Å²) in [5, 5.41) is 42.7. The summed E-state index contributed by atoms with van der Waals surface area (Å²) in [6, 6.07) is 22.1. The number of aliphatic carboxylic acids is 1. The normalized spacial score (nSPS) is 12.9. The quantitative estimate of drug-likeness (QED) is 0.0348. The van der Waals surface area contributed by atoms with Crippen molar-refractivity contribution in [2.45, 2.75) is 12.0 Å². The van der Waals surface area contributed by atoms with E-state index >= 15 is 0 Å². The number of carboxylic acids is 1. The Labute approximate surface area is 319 Å². The molecule has 4 aromatic carbocycles. The van der Waals surface area contributed by atoms with Crippen LogP contribution in [0.1, 0.15) is 39.0 Å². The standard InChI is InChI=1S/C21H17NO4.C11H11NO3.C4H11NO2.CH4O.CH2O.CH2S/c1-25-21(16-8-6-14(22)10-13(16)12-23)17-4-2-3-5-19(17)26-20-11-15(24)7-9-18(20)21;1-12-10-6-5-9(13)7-8(10)3-2-4-11(14)15;5-1-3-7-4-2-6;3*1-2/h2-12,24H,22H2,1H3;2-3,5-7,13H,1,4H2,(H,14,15);6H,1-5H2;2H,1H3;2*1H2/b;3-2-;;;;. The molecule has 0 aliphatic carbocycles. The van der Waals surface area contributed by atoms with Gasteiger partial charge in [0.2, 0.25) is 0 Å². The van der Waals surface area contributed by atoms with Gasteiger partial charge in [0.15, 0.2) is 11.9 Å². The van der Waals surface area contributed by atoms with Gasteiger partial charge in [0.05, 0.1) is 31.9 Å². The number of carbonyl (C=O) groups excluding carboxylic acids is 2. The van der Waals surface area contributed by atoms with Crippen molar-refractivity contribution in [1.82, 2.24) is 0 Å². The number of carboxylic acid groups (broad SMARTS) is 1. The Morgan fingerprint density at radius 1 is 0.907 bits per heavy atom. The van der Waals surface area contributed by atoms with E-state index in [1.54, 1.807) is 49.6 Å². The lowest BCUT2D eigenvalue weighted by molar-refractivity contribution is -0.136. The van der Waals surface area contributed by atoms with Gasteiger partial charge < -0.3 is 56.0 Å². The third-order valence-electron chi connectivity index (χ3n) is 6.99. The number of para-hydroxylation sites is 1. The van der Waals surface area contributed by atoms with Gasteiger partial charge in [-0.25, -0.2) is 0 Å². The number of benzene rings is 4. The fourth-order valence-electron chi connectivity index (χ4n) is 4.97. The zero-order valence-corrected chi connectivity index (χ0v) is 30.9. The van der Waals surface area contributed by atoms with Crippen LogP contribution in [-0.2, 0) is 24.7 Å². The molecule has 1 atom stereocenters. The highest BCUT2D eigenvalue weighted by Crippen LogP contribution is 2.53. The Kier molecular flexibility index (Phi) is 24.0. The van der Waals surface area contributed by atoms with E-state index < -0.39 is 11.6 Å². The van der Waals surface area contributed by atoms with Crippen molar-refractivity contribution in [3.63, 3.8) is 0 Å². The topological polar surface area (TPSA) is 244 Å². The fourth-order valence-corrected chi connectivity index (χ4v) is 4.97. The number of thiocarbonyl (C=S) groups is 1. The van der Waals surface area contributed by atoms with Crippen LogP contribution in [0.4, 0.5) is 11.4 Å². The van der Waals surface area contributed by atoms with Crippen molar-refractivity contribution < 1.29 is 54.1 Å². The molecule has 290 valence electrons. The molecule has 0 aromatic heterocycles. The zero-order valence-electron chi connectivity index (χ0n) is 30.1. The first kappa shape index (κ1) is 48.2. The lowest BCUT2D eigenvalue weighted by Crippen LogP contribution is -2.35. The number of nitrogens with zero attached hydrogens (tertiary/aromatic N) is 1. The van der Waals surface area contributed by atoms with Crippen LogP contribution in [0.5, 0.6) is 23.0 Å². The number of methoxy groups -OCH3 is 1. The molecule has 0 saturated carbocycles. The number of aliphatic hydroxyl groups is 2. The van der Waals surface area contributed by atoms with Crippen LogP contribution in [0, 0.1) is 0 Å². The number of fused-ring (bicyclic) bond motifs is 2. The molecule has 54 heavy (non-hydrogen) atoms. The van der Waals surface area contributed by atoms with Crippen LogP contribution in [0.15, 0.2) is 89.9 Å². The minimum atomic E-state index is -1.07. The Morgan fingerprint density at radius 3 is 2.11 bits per heavy atom. The molecule has 1 aliphatic heterocycles. The molecule has 1 heterocycles. The van der Waals surface area contributed by atoms with Crippen molar-refractivity contribution in [2.24, 2.45) is 10.7 Å². The molecule has 5 rings (SSSR count). The van der Waals surface area contributed by atoms with Crippen LogP contribution in [0.25, 0.3) is 6.08 Å². The maximum Gasteiger partial charge on any atom is 0.307 e. The number of aldehydes is 1. The Bertz CT molecular complexity index is 1780. The average molecular weight is 766 g/mol. The number of aliphatic imine (C=N–C) groups is 1. The van der Waals surface area contributed by atoms with Gasteiger partial charge in [-0.15, -0.1) is 0 Å². The maximum absolute atomic E-state index is 11.8. The Hall–Kier alpha value is -5.81. The van der Waals surface area contributed by atoms with E-state index in [9.17, 15) is 19.8 Å². The highest BCUT2D eigenvalue weighted by molar-refractivity contribution is 7.77. The molecule has 1 aliphatic rings. The van der Waals surface area contributed by atoms with Gasteiger partial charge in [-0.05, 0) is 61.1 Å². The van der Waals surface area contributed by atoms with E-state index in [1.807, 2.05) is 31.1 Å². The van der Waals surface area contributed by atoms with Crippen molar-refractivity contribution >= 4 is 61.3 Å². The second kappa shape index (κ2) is 26.9. The van der Waals surface area contributed by atoms with Crippen molar-refractivity contribution in [3.8, 4) is 23.0 Å². The molecule has 14 nitrogen and oxygen atoms in total. The highest BCUT2D eigenvalue weighted by atomic mass is 32.1. The third-order valence-corrected chi connectivity index (χ3v) is 6.99. The number of ether oxygens (including phenoxy) is 3. The molecular formula is C39H47N3O11S. The first-order valence-electron chi connectivity index (χ1n) is 15.8. The molecule has 4 aromatic rings. The van der Waals surface area contributed by atoms with Crippen molar-refractivity contribution in [2.75, 3.05) is 46.3 Å². The largest absolute Gasteiger partial charge is 0.508 e. The van der Waals surface area contributed by atoms with E-state index in [2.05, 4.69) is 29.8 Å². The molecule has 15 heteroatoms. The minimum absolute atomic E-state index is 0.0633. The van der Waals surface area contributed by atoms with E-state index in [0.29, 0.717) is 64.9 Å². The van der Waals surface area contributed by atoms with Gasteiger partial charge in [-0.1, -0.05) is 48.6 Å². The first-order valence-corrected chi connectivity index (χ1v) is 16.3. The maximum atomic E-state index is 11.8. The summed E-state index contributed by atoms with van der Waals surface area (Å²) in [6.45, 7) is 6.94. The zero-order chi connectivity index (χ0) is 41.1. The van der Waals surface area contributed by atoms with E-state index in [-0.39, 0.29) is 24.5 Å². The number of anilines is 1. The molecule has 0 radical (unpaired) electrons. The third kappa shape index (κ3) is 13.6. The summed E-state index contributed by atoms with van der Waals surface area (Å²) in [6.07, 6.45) is 3.79. The average Bonchev–Trinajstić information content (AvgIpc) is 3.20. The first-order chi connectivity index (χ1) is 26.1. The summed E-state index contributed by atoms with van der Waals surface area (Å²) < 4.78 is 16.8. The number of hydrogen-bond donors (Lipinski definition) is 7. The molecule has 9 N–H and O–H groups in total. The minimum Gasteiger partial charge on any atom is -0.508 e. The van der Waals surface area contributed by atoms with Gasteiger partial charge in [-0.3, -0.25) is 14.6 Å². The molecule has 1 unspecified atom stereocenters. The summed E-state index contributed by atoms with van der Waals surface area (Å²) in [4.78, 5) is 33.8. The lowest BCUT2D eigenvalue weighted by atomic mass is 9.76. The number of nitrogens with two attached hydrogens (primary N) is 2. The summed E-state index contributed by atoms with van der Waals surface area (Å²) >= 11 is 3.83. The van der Waals surface area contributed by atoms with Crippen LogP contribution in [0.3, 0.4) is 0 Å². The second-order valence-corrected chi connectivity index (χ2v) is 10.2. The van der Waals surface area contributed by atoms with E-state index in [0.717, 1.165) is 19.0 Å². The van der Waals surface area contributed by atoms with Crippen LogP contribution in [0.2, 0.25) is 0 Å². The molecule has 0 saturated heterocycles. The number of aromatic hydroxyl groups is 2. The van der Waals surface area contributed by atoms with Gasteiger partial charge in [0.25, 0.3) is 0 Å². The number of hydrogen-bond acceptors (Lipinski definition) is 14. The van der Waals surface area contributed by atoms with E-state index in [1.165, 1.54) is 24.3 Å². The number of nitrogen functional groups attached to an aromatic ring is 1. The van der Waals surface area contributed by atoms with Crippen molar-refractivity contribution in [1.29, 1.82) is 0 Å². The van der Waals surface area contributed by atoms with Crippen LogP contribution in [-0.4, -0.2) is 97.8 Å². The van der Waals surface area contributed by atoms with Crippen molar-refractivity contribution in [3.05, 3.63) is 113 Å². The van der Waals surface area contributed by atoms with Gasteiger partial charge in [-0.2, -0.15) is 0 Å². The monoisotopic (exact) mass is 765 g/mol. The smallest absolute Gasteiger partial charge is 0.307 e. The Balaban J connectivity index is 0.000000851. The molecule has 0 spiro atoms. The highest BCUT2D eigenvalue weighted by Gasteiger charge is 2.45. The summed E-state index contributed by atoms with van der Waals surface area (Å²) in [5.74, 6) is 3.19. The number of aliphatic hydroxyl groups excluding tert-OH is 2. The lowest BCUT2D eigenvalue weighted by Gasteiger charge is -2.40. The Morgan fingerprint density at radius 2 is 1.52 bits per heavy atom. The van der Waals surface area contributed by atoms with Crippen LogP contribution < -0.4 is 16.2 Å². The molecular weight excluding hydrogens is 719 g/mol. The summed E-state index contributed by atoms with van der Waals surface area (Å²) in [7, 11) is 2.59. The second-order valence-electron chi connectivity index (χ2n) is 10.2. The summed E-state index contributed by atoms with van der Waals surface area (Å²) in [5.41, 5.74) is 14.2. The number of carbonyl (C=O) groups is 3. The SMILES string of the molecule is C=Nc1ccc(O)cc1/C=C\CC(=O)O.C=O.C=S.CO.COC1(c2ccc(N)cc2C=O)c2ccccc2Oc2cc(O)ccc21.NCCOCCO. The van der Waals surface area contributed by atoms with Crippen LogP contribution >= 0.6 is 12.2 Å². The predicted molar refractivity (Wildman–Crippen MR) is 213 cm³/mol. The number of phenols is 2. The molecule has 0 amide bonds. The van der Waals surface area contributed by atoms with Gasteiger partial charge in [0, 0.05) is 60.3 Å².